The predicted molar refractivity (Wildman–Crippen MR) is 62.5 cm³/mol. The summed E-state index contributed by atoms with van der Waals surface area (Å²) < 4.78 is 10.7. The standard InChI is InChI=1S/C9H18INO3/c1-13-9(8-14-10)2-4-11(5-3-9)6-7-12/h12H,2-8H2,1H3. The van der Waals surface area contributed by atoms with Crippen molar-refractivity contribution in [2.75, 3.05) is 40.0 Å². The van der Waals surface area contributed by atoms with Crippen LogP contribution in [0, 0.1) is 0 Å². The Morgan fingerprint density at radius 1 is 1.43 bits per heavy atom. The zero-order valence-electron chi connectivity index (χ0n) is 8.54. The van der Waals surface area contributed by atoms with Gasteiger partial charge in [0.2, 0.25) is 0 Å². The second-order valence-corrected chi connectivity index (χ2v) is 4.33. The molecule has 0 radical (unpaired) electrons. The fourth-order valence-corrected chi connectivity index (χ4v) is 2.40. The van der Waals surface area contributed by atoms with Crippen LogP contribution in [0.5, 0.6) is 0 Å². The molecule has 14 heavy (non-hydrogen) atoms. The Balaban J connectivity index is 2.38. The van der Waals surface area contributed by atoms with Crippen LogP contribution in [0.3, 0.4) is 0 Å². The van der Waals surface area contributed by atoms with Gasteiger partial charge >= 0.3 is 0 Å². The van der Waals surface area contributed by atoms with Crippen molar-refractivity contribution >= 4 is 23.0 Å². The maximum atomic E-state index is 8.81. The minimum Gasteiger partial charge on any atom is -0.395 e. The summed E-state index contributed by atoms with van der Waals surface area (Å²) in [5.74, 6) is 0. The van der Waals surface area contributed by atoms with Gasteiger partial charge in [-0.05, 0) is 12.8 Å². The van der Waals surface area contributed by atoms with Crippen molar-refractivity contribution in [2.45, 2.75) is 18.4 Å². The van der Waals surface area contributed by atoms with Crippen molar-refractivity contribution in [3.63, 3.8) is 0 Å². The largest absolute Gasteiger partial charge is 0.395 e. The monoisotopic (exact) mass is 315 g/mol. The highest BCUT2D eigenvalue weighted by Gasteiger charge is 2.34. The summed E-state index contributed by atoms with van der Waals surface area (Å²) in [5, 5.41) is 8.81. The summed E-state index contributed by atoms with van der Waals surface area (Å²) in [6.07, 6.45) is 1.96. The van der Waals surface area contributed by atoms with Crippen molar-refractivity contribution in [1.82, 2.24) is 4.90 Å². The summed E-state index contributed by atoms with van der Waals surface area (Å²) in [7, 11) is 1.75. The van der Waals surface area contributed by atoms with Gasteiger partial charge in [-0.1, -0.05) is 0 Å². The third kappa shape index (κ3) is 3.30. The summed E-state index contributed by atoms with van der Waals surface area (Å²) in [5.41, 5.74) is -0.104. The van der Waals surface area contributed by atoms with Crippen molar-refractivity contribution in [3.8, 4) is 0 Å². The third-order valence-corrected chi connectivity index (χ3v) is 3.25. The van der Waals surface area contributed by atoms with E-state index in [1.807, 2.05) is 23.0 Å². The lowest BCUT2D eigenvalue weighted by molar-refractivity contribution is -0.0768. The summed E-state index contributed by atoms with van der Waals surface area (Å²) in [6.45, 7) is 3.62. The SMILES string of the molecule is COC1(COI)CCN(CCO)CC1. The molecule has 0 saturated carbocycles. The second-order valence-electron chi connectivity index (χ2n) is 3.71. The molecule has 0 aromatic carbocycles. The van der Waals surface area contributed by atoms with Crippen LogP contribution in [-0.4, -0.2) is 55.6 Å². The van der Waals surface area contributed by atoms with Crippen molar-refractivity contribution in [2.24, 2.45) is 0 Å². The fourth-order valence-electron chi connectivity index (χ4n) is 1.83. The zero-order chi connectivity index (χ0) is 10.4. The molecule has 1 fully saturated rings. The highest BCUT2D eigenvalue weighted by Crippen LogP contribution is 2.26. The number of halogens is 1. The summed E-state index contributed by atoms with van der Waals surface area (Å²) in [6, 6.07) is 0. The predicted octanol–water partition coefficient (Wildman–Crippen LogP) is 0.826. The maximum absolute atomic E-state index is 8.81. The van der Waals surface area contributed by atoms with Crippen LogP contribution in [0.15, 0.2) is 0 Å². The number of hydrogen-bond donors (Lipinski definition) is 1. The number of aliphatic hydroxyl groups is 1. The molecule has 4 nitrogen and oxygen atoms in total. The van der Waals surface area contributed by atoms with Crippen molar-refractivity contribution in [3.05, 3.63) is 0 Å². The van der Waals surface area contributed by atoms with Gasteiger partial charge in [-0.3, -0.25) is 0 Å². The Morgan fingerprint density at radius 3 is 2.50 bits per heavy atom. The van der Waals surface area contributed by atoms with E-state index in [1.54, 1.807) is 7.11 Å². The van der Waals surface area contributed by atoms with E-state index in [-0.39, 0.29) is 12.2 Å². The van der Waals surface area contributed by atoms with E-state index in [0.29, 0.717) is 6.61 Å². The van der Waals surface area contributed by atoms with Crippen LogP contribution in [-0.2, 0) is 7.80 Å². The lowest BCUT2D eigenvalue weighted by atomic mass is 9.92. The van der Waals surface area contributed by atoms with Gasteiger partial charge in [-0.2, -0.15) is 0 Å². The van der Waals surface area contributed by atoms with Gasteiger partial charge in [0.15, 0.2) is 0 Å². The average molecular weight is 315 g/mol. The number of aliphatic hydroxyl groups excluding tert-OH is 1. The van der Waals surface area contributed by atoms with Gasteiger partial charge in [-0.15, -0.1) is 0 Å². The topological polar surface area (TPSA) is 41.9 Å². The van der Waals surface area contributed by atoms with Crippen LogP contribution in [0.2, 0.25) is 0 Å². The highest BCUT2D eigenvalue weighted by atomic mass is 127. The van der Waals surface area contributed by atoms with E-state index < -0.39 is 0 Å². The molecule has 0 aliphatic carbocycles. The average Bonchev–Trinajstić information content (AvgIpc) is 2.22. The maximum Gasteiger partial charge on any atom is 0.109 e. The fraction of sp³-hybridized carbons (Fsp3) is 1.00. The van der Waals surface area contributed by atoms with Crippen LogP contribution < -0.4 is 0 Å². The van der Waals surface area contributed by atoms with E-state index >= 15 is 0 Å². The second kappa shape index (κ2) is 6.22. The van der Waals surface area contributed by atoms with E-state index in [9.17, 15) is 0 Å². The molecule has 84 valence electrons. The van der Waals surface area contributed by atoms with Crippen molar-refractivity contribution < 1.29 is 12.9 Å². The van der Waals surface area contributed by atoms with Gasteiger partial charge in [0.1, 0.15) is 23.0 Å². The molecule has 1 N–H and O–H groups in total. The lowest BCUT2D eigenvalue weighted by Crippen LogP contribution is -2.48. The molecular weight excluding hydrogens is 297 g/mol. The molecule has 0 spiro atoms. The molecule has 0 aromatic rings. The van der Waals surface area contributed by atoms with Gasteiger partial charge in [-0.25, -0.2) is 0 Å². The molecule has 0 amide bonds. The Labute approximate surface area is 99.2 Å². The summed E-state index contributed by atoms with van der Waals surface area (Å²) in [4.78, 5) is 2.25. The number of β-amino-alcohol motifs (C(OH)–C–C–N with tert-alkyl or cyclic N) is 1. The Morgan fingerprint density at radius 2 is 2.07 bits per heavy atom. The zero-order valence-corrected chi connectivity index (χ0v) is 10.7. The minimum absolute atomic E-state index is 0.104. The molecular formula is C9H18INO3. The highest BCUT2D eigenvalue weighted by molar-refractivity contribution is 14.1. The Hall–Kier alpha value is 0.570. The van der Waals surface area contributed by atoms with E-state index in [1.165, 1.54) is 0 Å². The molecule has 5 heteroatoms. The summed E-state index contributed by atoms with van der Waals surface area (Å²) >= 11 is 1.91. The number of hydrogen-bond acceptors (Lipinski definition) is 4. The molecule has 0 unspecified atom stereocenters. The molecule has 1 aliphatic heterocycles. The third-order valence-electron chi connectivity index (χ3n) is 2.93. The minimum atomic E-state index is -0.104. The molecule has 0 bridgehead atoms. The number of methoxy groups -OCH3 is 1. The Bertz CT molecular complexity index is 160. The van der Waals surface area contributed by atoms with Crippen LogP contribution in [0.4, 0.5) is 0 Å². The quantitative estimate of drug-likeness (QED) is 0.763. The molecule has 0 aromatic heterocycles. The Kier molecular flexibility index (Phi) is 5.61. The van der Waals surface area contributed by atoms with Crippen LogP contribution >= 0.6 is 23.0 Å². The smallest absolute Gasteiger partial charge is 0.109 e. The molecule has 1 rings (SSSR count). The molecule has 1 heterocycles. The molecule has 1 aliphatic rings. The van der Waals surface area contributed by atoms with Gasteiger partial charge in [0.05, 0.1) is 18.8 Å². The number of piperidine rings is 1. The number of nitrogens with zero attached hydrogens (tertiary/aromatic N) is 1. The van der Waals surface area contributed by atoms with Crippen molar-refractivity contribution in [1.29, 1.82) is 0 Å². The van der Waals surface area contributed by atoms with E-state index in [2.05, 4.69) is 4.90 Å². The molecule has 1 saturated heterocycles. The molecule has 0 atom stereocenters. The lowest BCUT2D eigenvalue weighted by Gasteiger charge is -2.39. The first-order valence-electron chi connectivity index (χ1n) is 4.88. The van der Waals surface area contributed by atoms with Crippen LogP contribution in [0.25, 0.3) is 0 Å². The van der Waals surface area contributed by atoms with Gasteiger partial charge in [0.25, 0.3) is 0 Å². The van der Waals surface area contributed by atoms with E-state index in [0.717, 1.165) is 32.5 Å². The number of likely N-dealkylation sites (tertiary alicyclic amines) is 1. The number of ether oxygens (including phenoxy) is 1. The van der Waals surface area contributed by atoms with Crippen LogP contribution in [0.1, 0.15) is 12.8 Å². The first-order valence-corrected chi connectivity index (χ1v) is 5.76. The first kappa shape index (κ1) is 12.6. The van der Waals surface area contributed by atoms with E-state index in [4.69, 9.17) is 12.9 Å². The number of rotatable bonds is 5. The normalized spacial score (nSPS) is 22.5. The van der Waals surface area contributed by atoms with Gasteiger partial charge < -0.3 is 17.8 Å². The van der Waals surface area contributed by atoms with Gasteiger partial charge in [0, 0.05) is 26.7 Å². The first-order chi connectivity index (χ1) is 6.76.